The Balaban J connectivity index is 1.90. The highest BCUT2D eigenvalue weighted by molar-refractivity contribution is 5.27. The molecule has 1 aliphatic rings. The van der Waals surface area contributed by atoms with Crippen molar-refractivity contribution in [2.24, 2.45) is 0 Å². The first kappa shape index (κ1) is 12.3. The second-order valence-corrected chi connectivity index (χ2v) is 4.70. The van der Waals surface area contributed by atoms with Crippen molar-refractivity contribution in [3.05, 3.63) is 23.5 Å². The van der Waals surface area contributed by atoms with Crippen LogP contribution in [0.4, 0.5) is 0 Å². The van der Waals surface area contributed by atoms with E-state index in [2.05, 4.69) is 17.2 Å². The number of aryl methyl sites for hydroxylation is 1. The van der Waals surface area contributed by atoms with Crippen LogP contribution >= 0.6 is 0 Å². The van der Waals surface area contributed by atoms with Crippen LogP contribution in [0, 0.1) is 6.92 Å². The molecule has 1 aliphatic heterocycles. The lowest BCUT2D eigenvalue weighted by molar-refractivity contribution is 0.0129. The molecule has 2 N–H and O–H groups in total. The summed E-state index contributed by atoms with van der Waals surface area (Å²) in [5.41, 5.74) is 1.66. The van der Waals surface area contributed by atoms with Crippen LogP contribution in [-0.2, 0) is 11.3 Å². The topological polar surface area (TPSA) is 54.4 Å². The van der Waals surface area contributed by atoms with Gasteiger partial charge in [-0.05, 0) is 38.8 Å². The van der Waals surface area contributed by atoms with E-state index in [1.165, 1.54) is 0 Å². The van der Waals surface area contributed by atoms with Gasteiger partial charge in [-0.1, -0.05) is 0 Å². The van der Waals surface area contributed by atoms with Crippen molar-refractivity contribution in [3.63, 3.8) is 0 Å². The fourth-order valence-corrected chi connectivity index (χ4v) is 2.16. The van der Waals surface area contributed by atoms with Gasteiger partial charge in [0.1, 0.15) is 5.75 Å². The number of nitrogens with one attached hydrogen (secondary N) is 1. The highest BCUT2D eigenvalue weighted by atomic mass is 16.5. The van der Waals surface area contributed by atoms with Gasteiger partial charge in [-0.25, -0.2) is 0 Å². The van der Waals surface area contributed by atoms with Crippen molar-refractivity contribution in [2.45, 2.75) is 45.4 Å². The SMILES string of the molecule is Cc1ccc(O)c(CNC2CCOC(C)C2)n1. The number of nitrogens with zero attached hydrogens (tertiary/aromatic N) is 1. The molecule has 2 rings (SSSR count). The van der Waals surface area contributed by atoms with Crippen molar-refractivity contribution in [3.8, 4) is 5.75 Å². The van der Waals surface area contributed by atoms with Gasteiger partial charge in [0.25, 0.3) is 0 Å². The summed E-state index contributed by atoms with van der Waals surface area (Å²) in [7, 11) is 0. The number of rotatable bonds is 3. The van der Waals surface area contributed by atoms with Gasteiger partial charge < -0.3 is 15.2 Å². The van der Waals surface area contributed by atoms with Crippen LogP contribution in [0.1, 0.15) is 31.2 Å². The smallest absolute Gasteiger partial charge is 0.138 e. The van der Waals surface area contributed by atoms with Crippen LogP contribution in [0.3, 0.4) is 0 Å². The van der Waals surface area contributed by atoms with Gasteiger partial charge in [0.05, 0.1) is 11.8 Å². The van der Waals surface area contributed by atoms with E-state index in [1.807, 2.05) is 13.0 Å². The standard InChI is InChI=1S/C13H20N2O2/c1-9-3-4-13(16)12(15-9)8-14-11-5-6-17-10(2)7-11/h3-4,10-11,14,16H,5-8H2,1-2H3. The minimum atomic E-state index is 0.267. The van der Waals surface area contributed by atoms with E-state index in [1.54, 1.807) is 6.07 Å². The molecule has 2 atom stereocenters. The summed E-state index contributed by atoms with van der Waals surface area (Å²) in [5.74, 6) is 0.267. The van der Waals surface area contributed by atoms with E-state index < -0.39 is 0 Å². The van der Waals surface area contributed by atoms with E-state index in [4.69, 9.17) is 4.74 Å². The summed E-state index contributed by atoms with van der Waals surface area (Å²) >= 11 is 0. The Labute approximate surface area is 102 Å². The Bertz CT molecular complexity index is 382. The fraction of sp³-hybridized carbons (Fsp3) is 0.615. The number of hydrogen-bond donors (Lipinski definition) is 2. The van der Waals surface area contributed by atoms with Crippen molar-refractivity contribution >= 4 is 0 Å². The molecule has 17 heavy (non-hydrogen) atoms. The molecule has 94 valence electrons. The molecule has 1 aromatic heterocycles. The maximum Gasteiger partial charge on any atom is 0.138 e. The third-order valence-electron chi connectivity index (χ3n) is 3.13. The van der Waals surface area contributed by atoms with Gasteiger partial charge in [0, 0.05) is 24.9 Å². The Morgan fingerprint density at radius 2 is 2.35 bits per heavy atom. The molecule has 0 radical (unpaired) electrons. The predicted octanol–water partition coefficient (Wildman–Crippen LogP) is 1.75. The van der Waals surface area contributed by atoms with Gasteiger partial charge >= 0.3 is 0 Å². The highest BCUT2D eigenvalue weighted by Gasteiger charge is 2.19. The summed E-state index contributed by atoms with van der Waals surface area (Å²) in [5, 5.41) is 13.1. The summed E-state index contributed by atoms with van der Waals surface area (Å²) in [6.07, 6.45) is 2.36. The summed E-state index contributed by atoms with van der Waals surface area (Å²) in [6.45, 7) is 5.45. The predicted molar refractivity (Wildman–Crippen MR) is 65.9 cm³/mol. The second kappa shape index (κ2) is 5.47. The molecule has 4 heteroatoms. The molecule has 1 fully saturated rings. The fourth-order valence-electron chi connectivity index (χ4n) is 2.16. The van der Waals surface area contributed by atoms with E-state index in [0.29, 0.717) is 18.7 Å². The first-order valence-corrected chi connectivity index (χ1v) is 6.15. The van der Waals surface area contributed by atoms with E-state index in [9.17, 15) is 5.11 Å². The van der Waals surface area contributed by atoms with Crippen LogP contribution in [-0.4, -0.2) is 28.8 Å². The number of hydrogen-bond acceptors (Lipinski definition) is 4. The molecule has 0 amide bonds. The molecular formula is C13H20N2O2. The summed E-state index contributed by atoms with van der Waals surface area (Å²) in [6, 6.07) is 3.97. The Kier molecular flexibility index (Phi) is 3.97. The quantitative estimate of drug-likeness (QED) is 0.839. The Hall–Kier alpha value is -1.13. The monoisotopic (exact) mass is 236 g/mol. The van der Waals surface area contributed by atoms with Crippen molar-refractivity contribution in [1.82, 2.24) is 10.3 Å². The van der Waals surface area contributed by atoms with Gasteiger partial charge in [0.2, 0.25) is 0 Å². The molecular weight excluding hydrogens is 216 g/mol. The molecule has 4 nitrogen and oxygen atoms in total. The van der Waals surface area contributed by atoms with Crippen molar-refractivity contribution < 1.29 is 9.84 Å². The zero-order chi connectivity index (χ0) is 12.3. The summed E-state index contributed by atoms with van der Waals surface area (Å²) < 4.78 is 5.50. The van der Waals surface area contributed by atoms with Gasteiger partial charge in [0.15, 0.2) is 0 Å². The van der Waals surface area contributed by atoms with Gasteiger partial charge in [-0.2, -0.15) is 0 Å². The highest BCUT2D eigenvalue weighted by Crippen LogP contribution is 2.17. The Morgan fingerprint density at radius 3 is 3.12 bits per heavy atom. The minimum absolute atomic E-state index is 0.267. The number of pyridine rings is 1. The first-order valence-electron chi connectivity index (χ1n) is 6.15. The second-order valence-electron chi connectivity index (χ2n) is 4.70. The van der Waals surface area contributed by atoms with Crippen molar-refractivity contribution in [1.29, 1.82) is 0 Å². The van der Waals surface area contributed by atoms with Crippen LogP contribution in [0.15, 0.2) is 12.1 Å². The van der Waals surface area contributed by atoms with Gasteiger partial charge in [-0.3, -0.25) is 4.98 Å². The third kappa shape index (κ3) is 3.41. The zero-order valence-corrected chi connectivity index (χ0v) is 10.4. The Morgan fingerprint density at radius 1 is 1.53 bits per heavy atom. The molecule has 0 bridgehead atoms. The molecule has 0 aliphatic carbocycles. The van der Waals surface area contributed by atoms with E-state index in [0.717, 1.165) is 30.8 Å². The molecule has 1 aromatic rings. The largest absolute Gasteiger partial charge is 0.506 e. The average Bonchev–Trinajstić information content (AvgIpc) is 2.30. The maximum atomic E-state index is 9.69. The molecule has 2 unspecified atom stereocenters. The molecule has 0 spiro atoms. The molecule has 0 aromatic carbocycles. The van der Waals surface area contributed by atoms with Crippen LogP contribution < -0.4 is 5.32 Å². The molecule has 1 saturated heterocycles. The number of aromatic nitrogens is 1. The molecule has 2 heterocycles. The van der Waals surface area contributed by atoms with E-state index >= 15 is 0 Å². The maximum absolute atomic E-state index is 9.69. The third-order valence-corrected chi connectivity index (χ3v) is 3.13. The van der Waals surface area contributed by atoms with Crippen LogP contribution in [0.5, 0.6) is 5.75 Å². The lowest BCUT2D eigenvalue weighted by Gasteiger charge is -2.28. The minimum Gasteiger partial charge on any atom is -0.506 e. The zero-order valence-electron chi connectivity index (χ0n) is 10.4. The summed E-state index contributed by atoms with van der Waals surface area (Å²) in [4.78, 5) is 4.33. The average molecular weight is 236 g/mol. The van der Waals surface area contributed by atoms with Gasteiger partial charge in [-0.15, -0.1) is 0 Å². The molecule has 0 saturated carbocycles. The van der Waals surface area contributed by atoms with Crippen LogP contribution in [0.25, 0.3) is 0 Å². The van der Waals surface area contributed by atoms with Crippen LogP contribution in [0.2, 0.25) is 0 Å². The first-order chi connectivity index (χ1) is 8.15. The van der Waals surface area contributed by atoms with Crippen molar-refractivity contribution in [2.75, 3.05) is 6.61 Å². The number of aromatic hydroxyl groups is 1. The van der Waals surface area contributed by atoms with E-state index in [-0.39, 0.29) is 5.75 Å². The lowest BCUT2D eigenvalue weighted by Crippen LogP contribution is -2.37. The number of ether oxygens (including phenoxy) is 1. The lowest BCUT2D eigenvalue weighted by atomic mass is 10.0. The normalized spacial score (nSPS) is 24.8.